The van der Waals surface area contributed by atoms with Crippen LogP contribution in [0.4, 0.5) is 13.2 Å². The smallest absolute Gasteiger partial charge is 0.335 e. The highest BCUT2D eigenvalue weighted by Crippen LogP contribution is 2.43. The van der Waals surface area contributed by atoms with Crippen LogP contribution in [-0.2, 0) is 6.42 Å². The van der Waals surface area contributed by atoms with E-state index in [1.165, 1.54) is 12.1 Å². The second-order valence-corrected chi connectivity index (χ2v) is 10.5. The molecule has 7 heteroatoms. The first-order valence-corrected chi connectivity index (χ1v) is 13.3. The topological polar surface area (TPSA) is 40.5 Å². The Morgan fingerprint density at radius 1 is 1.03 bits per heavy atom. The average molecular weight is 540 g/mol. The summed E-state index contributed by atoms with van der Waals surface area (Å²) < 4.78 is 41.6. The number of carbonyl (C=O) groups is 1. The van der Waals surface area contributed by atoms with Crippen molar-refractivity contribution in [2.45, 2.75) is 31.9 Å². The van der Waals surface area contributed by atoms with Gasteiger partial charge in [-0.25, -0.2) is 13.6 Å². The number of hydrogen-bond acceptors (Lipinski definition) is 2. The minimum Gasteiger partial charge on any atom is -0.478 e. The van der Waals surface area contributed by atoms with Crippen LogP contribution in [0.2, 0.25) is 5.02 Å². The molecule has 1 fully saturated rings. The van der Waals surface area contributed by atoms with Crippen molar-refractivity contribution in [1.29, 1.82) is 0 Å². The Morgan fingerprint density at radius 3 is 2.45 bits per heavy atom. The van der Waals surface area contributed by atoms with Gasteiger partial charge >= 0.3 is 5.97 Å². The number of aryl methyl sites for hydroxylation is 1. The van der Waals surface area contributed by atoms with Gasteiger partial charge in [0, 0.05) is 25.6 Å². The van der Waals surface area contributed by atoms with Crippen molar-refractivity contribution in [3.63, 3.8) is 0 Å². The van der Waals surface area contributed by atoms with Crippen LogP contribution in [0.3, 0.4) is 0 Å². The van der Waals surface area contributed by atoms with Crippen molar-refractivity contribution in [3.05, 3.63) is 105 Å². The largest absolute Gasteiger partial charge is 0.478 e. The first-order valence-electron chi connectivity index (χ1n) is 12.9. The maximum Gasteiger partial charge on any atom is 0.335 e. The average Bonchev–Trinajstić information content (AvgIpc) is 3.07. The number of carboxylic acids is 1. The maximum absolute atomic E-state index is 15.3. The molecule has 1 N–H and O–H groups in total. The Morgan fingerprint density at radius 2 is 1.76 bits per heavy atom. The van der Waals surface area contributed by atoms with Gasteiger partial charge in [-0.15, -0.1) is 0 Å². The molecule has 0 saturated carbocycles. The number of aromatic carboxylic acids is 1. The van der Waals surface area contributed by atoms with E-state index in [9.17, 15) is 18.7 Å². The monoisotopic (exact) mass is 539 g/mol. The molecule has 2 aliphatic rings. The zero-order valence-electron chi connectivity index (χ0n) is 20.9. The van der Waals surface area contributed by atoms with Crippen LogP contribution in [0.25, 0.3) is 11.1 Å². The van der Waals surface area contributed by atoms with Crippen molar-refractivity contribution in [1.82, 2.24) is 4.90 Å². The van der Waals surface area contributed by atoms with Crippen LogP contribution < -0.4 is 0 Å². The van der Waals surface area contributed by atoms with Crippen molar-refractivity contribution in [2.75, 3.05) is 26.3 Å². The molecule has 198 valence electrons. The van der Waals surface area contributed by atoms with E-state index in [1.54, 1.807) is 30.3 Å². The fraction of sp³-hybridized carbons (Fsp3) is 0.323. The van der Waals surface area contributed by atoms with Gasteiger partial charge in [0.2, 0.25) is 0 Å². The highest BCUT2D eigenvalue weighted by Gasteiger charge is 2.34. The molecule has 1 heterocycles. The molecule has 3 aromatic carbocycles. The molecular weight excluding hydrogens is 511 g/mol. The van der Waals surface area contributed by atoms with Crippen molar-refractivity contribution in [2.24, 2.45) is 5.92 Å². The number of nitrogens with zero attached hydrogens (tertiary/aromatic N) is 1. The third-order valence-corrected chi connectivity index (χ3v) is 7.89. The summed E-state index contributed by atoms with van der Waals surface area (Å²) in [6, 6.07) is 16.9. The lowest BCUT2D eigenvalue weighted by Crippen LogP contribution is -2.48. The SMILES string of the molecule is O=C(O)c1ccc2c(c1)CCCC(c1ccc(F)cc1Cl)=C2c1ccc(C(F)C2CN(CCCF)C2)cc1. The van der Waals surface area contributed by atoms with Gasteiger partial charge in [-0.2, -0.15) is 0 Å². The Kier molecular flexibility index (Phi) is 7.91. The van der Waals surface area contributed by atoms with E-state index in [2.05, 4.69) is 4.90 Å². The van der Waals surface area contributed by atoms with Crippen LogP contribution in [-0.4, -0.2) is 42.3 Å². The van der Waals surface area contributed by atoms with Crippen LogP contribution in [0.15, 0.2) is 60.7 Å². The molecule has 0 aromatic heterocycles. The predicted octanol–water partition coefficient (Wildman–Crippen LogP) is 7.77. The Labute approximate surface area is 225 Å². The Bertz CT molecular complexity index is 1370. The molecule has 1 unspecified atom stereocenters. The maximum atomic E-state index is 15.3. The summed E-state index contributed by atoms with van der Waals surface area (Å²) in [5.41, 5.74) is 6.08. The normalized spacial score (nSPS) is 17.1. The third-order valence-electron chi connectivity index (χ3n) is 7.58. The molecule has 1 atom stereocenters. The zero-order chi connectivity index (χ0) is 26.8. The summed E-state index contributed by atoms with van der Waals surface area (Å²) in [6.07, 6.45) is 1.50. The number of alkyl halides is 2. The summed E-state index contributed by atoms with van der Waals surface area (Å²) in [5, 5.41) is 9.83. The highest BCUT2D eigenvalue weighted by atomic mass is 35.5. The lowest BCUT2D eigenvalue weighted by atomic mass is 9.85. The lowest BCUT2D eigenvalue weighted by Gasteiger charge is -2.41. The van der Waals surface area contributed by atoms with Gasteiger partial charge in [-0.3, -0.25) is 4.39 Å². The summed E-state index contributed by atoms with van der Waals surface area (Å²) in [4.78, 5) is 13.7. The second-order valence-electron chi connectivity index (χ2n) is 10.1. The van der Waals surface area contributed by atoms with Gasteiger partial charge in [-0.1, -0.05) is 48.0 Å². The van der Waals surface area contributed by atoms with Gasteiger partial charge in [0.05, 0.1) is 17.3 Å². The van der Waals surface area contributed by atoms with Gasteiger partial charge in [0.1, 0.15) is 12.0 Å². The molecule has 3 aromatic rings. The van der Waals surface area contributed by atoms with Gasteiger partial charge in [-0.05, 0) is 88.9 Å². The van der Waals surface area contributed by atoms with E-state index < -0.39 is 18.0 Å². The minimum atomic E-state index is -1.11. The number of carboxylic acid groups (broad SMARTS) is 1. The van der Waals surface area contributed by atoms with E-state index in [4.69, 9.17) is 11.6 Å². The molecule has 1 saturated heterocycles. The van der Waals surface area contributed by atoms with E-state index in [0.29, 0.717) is 49.5 Å². The summed E-state index contributed by atoms with van der Waals surface area (Å²) >= 11 is 6.50. The molecule has 38 heavy (non-hydrogen) atoms. The van der Waals surface area contributed by atoms with Crippen LogP contribution in [0, 0.1) is 11.7 Å². The van der Waals surface area contributed by atoms with Crippen molar-refractivity contribution >= 4 is 28.7 Å². The zero-order valence-corrected chi connectivity index (χ0v) is 21.7. The lowest BCUT2D eigenvalue weighted by molar-refractivity contribution is 0.0364. The number of hydrogen-bond donors (Lipinski definition) is 1. The Balaban J connectivity index is 1.53. The third kappa shape index (κ3) is 5.38. The number of halogens is 4. The van der Waals surface area contributed by atoms with E-state index >= 15 is 4.39 Å². The number of benzene rings is 3. The van der Waals surface area contributed by atoms with Crippen LogP contribution in [0.1, 0.15) is 63.6 Å². The van der Waals surface area contributed by atoms with Crippen molar-refractivity contribution < 1.29 is 23.1 Å². The summed E-state index contributed by atoms with van der Waals surface area (Å²) in [7, 11) is 0. The number of allylic oxidation sites excluding steroid dienone is 1. The summed E-state index contributed by atoms with van der Waals surface area (Å²) in [5.74, 6) is -1.51. The van der Waals surface area contributed by atoms with E-state index in [1.807, 2.05) is 18.2 Å². The molecule has 0 bridgehead atoms. The van der Waals surface area contributed by atoms with E-state index in [-0.39, 0.29) is 18.2 Å². The fourth-order valence-electron chi connectivity index (χ4n) is 5.62. The van der Waals surface area contributed by atoms with Gasteiger partial charge in [0.25, 0.3) is 0 Å². The molecular formula is C31H29ClF3NO2. The first-order chi connectivity index (χ1) is 18.4. The van der Waals surface area contributed by atoms with Crippen molar-refractivity contribution in [3.8, 4) is 0 Å². The molecule has 1 aliphatic heterocycles. The van der Waals surface area contributed by atoms with Crippen LogP contribution in [0.5, 0.6) is 0 Å². The number of likely N-dealkylation sites (tertiary alicyclic amines) is 1. The fourth-order valence-corrected chi connectivity index (χ4v) is 5.90. The molecule has 0 amide bonds. The molecule has 3 nitrogen and oxygen atoms in total. The first kappa shape index (κ1) is 26.5. The molecule has 5 rings (SSSR count). The standard InChI is InChI=1S/C31H29ClF3NO2/c32-28-16-24(34)10-12-26(28)27-4-1-3-21-15-22(31(37)38)9-11-25(21)29(27)19-5-7-20(8-6-19)30(35)23-17-36(18-23)14-2-13-33/h5-12,15-16,23,30H,1-4,13-14,17-18H2,(H,37,38). The van der Waals surface area contributed by atoms with Gasteiger partial charge in [0.15, 0.2) is 0 Å². The number of fused-ring (bicyclic) bond motifs is 1. The quantitative estimate of drug-likeness (QED) is 0.318. The molecule has 0 spiro atoms. The predicted molar refractivity (Wildman–Crippen MR) is 144 cm³/mol. The Hall–Kier alpha value is -3.09. The second kappa shape index (κ2) is 11.3. The molecule has 0 radical (unpaired) electrons. The van der Waals surface area contributed by atoms with Crippen LogP contribution >= 0.6 is 11.6 Å². The summed E-state index contributed by atoms with van der Waals surface area (Å²) in [6.45, 7) is 1.55. The minimum absolute atomic E-state index is 0.110. The highest BCUT2D eigenvalue weighted by molar-refractivity contribution is 6.32. The van der Waals surface area contributed by atoms with Gasteiger partial charge < -0.3 is 10.0 Å². The molecule has 1 aliphatic carbocycles. The number of rotatable bonds is 8. The van der Waals surface area contributed by atoms with E-state index in [0.717, 1.165) is 39.8 Å².